The van der Waals surface area contributed by atoms with E-state index in [4.69, 9.17) is 0 Å². The molecule has 0 spiro atoms. The molecule has 0 amide bonds. The summed E-state index contributed by atoms with van der Waals surface area (Å²) in [5.41, 5.74) is 0. The van der Waals surface area contributed by atoms with E-state index in [0.717, 1.165) is 0 Å². The Balaban J connectivity index is 2.70. The maximum atomic E-state index is 10.9. The Morgan fingerprint density at radius 2 is 2.45 bits per heavy atom. The highest BCUT2D eigenvalue weighted by Crippen LogP contribution is 2.05. The summed E-state index contributed by atoms with van der Waals surface area (Å²) in [5, 5.41) is 0. The molecule has 59 valence electrons. The number of carbonyl (C=O) groups is 1. The maximum absolute atomic E-state index is 10.9. The van der Waals surface area contributed by atoms with Gasteiger partial charge in [-0.3, -0.25) is 0 Å². The van der Waals surface area contributed by atoms with Gasteiger partial charge in [0.2, 0.25) is 0 Å². The van der Waals surface area contributed by atoms with Gasteiger partial charge in [0.25, 0.3) is 0 Å². The quantitative estimate of drug-likeness (QED) is 0.592. The standard InChI is InChI=1S/C8H10NO2/c1-7(8(10)11-2)9-5-3-4-6-9/h3-5,7H,1-2H3. The van der Waals surface area contributed by atoms with Gasteiger partial charge >= 0.3 is 5.97 Å². The largest absolute Gasteiger partial charge is 0.467 e. The summed E-state index contributed by atoms with van der Waals surface area (Å²) >= 11 is 0. The molecule has 1 rings (SSSR count). The Morgan fingerprint density at radius 1 is 1.73 bits per heavy atom. The zero-order valence-electron chi connectivity index (χ0n) is 6.57. The molecule has 0 aliphatic heterocycles. The molecule has 0 aromatic carbocycles. The van der Waals surface area contributed by atoms with Gasteiger partial charge in [-0.1, -0.05) is 0 Å². The Labute approximate surface area is 65.6 Å². The lowest BCUT2D eigenvalue weighted by molar-refractivity contribution is -0.144. The molecule has 1 aromatic rings. The summed E-state index contributed by atoms with van der Waals surface area (Å²) in [5.74, 6) is -0.252. The van der Waals surface area contributed by atoms with Crippen LogP contribution >= 0.6 is 0 Å². The van der Waals surface area contributed by atoms with Gasteiger partial charge in [-0.25, -0.2) is 4.79 Å². The van der Waals surface area contributed by atoms with Crippen LogP contribution in [-0.4, -0.2) is 17.6 Å². The molecule has 3 nitrogen and oxygen atoms in total. The number of esters is 1. The van der Waals surface area contributed by atoms with E-state index in [0.29, 0.717) is 0 Å². The minimum Gasteiger partial charge on any atom is -0.467 e. The first kappa shape index (κ1) is 7.85. The number of hydrogen-bond acceptors (Lipinski definition) is 2. The van der Waals surface area contributed by atoms with Gasteiger partial charge in [0.1, 0.15) is 6.04 Å². The topological polar surface area (TPSA) is 31.2 Å². The van der Waals surface area contributed by atoms with Crippen LogP contribution in [0.2, 0.25) is 0 Å². The number of rotatable bonds is 2. The summed E-state index contributed by atoms with van der Waals surface area (Å²) in [6.07, 6.45) is 4.65. The van der Waals surface area contributed by atoms with Gasteiger partial charge in [-0.15, -0.1) is 0 Å². The third-order valence-corrected chi connectivity index (χ3v) is 1.53. The van der Waals surface area contributed by atoms with Crippen LogP contribution in [0.15, 0.2) is 18.3 Å². The number of carbonyl (C=O) groups excluding carboxylic acids is 1. The van der Waals surface area contributed by atoms with Gasteiger partial charge in [0, 0.05) is 6.20 Å². The van der Waals surface area contributed by atoms with Crippen LogP contribution in [-0.2, 0) is 9.53 Å². The van der Waals surface area contributed by atoms with Gasteiger partial charge in [-0.2, -0.15) is 0 Å². The van der Waals surface area contributed by atoms with Gasteiger partial charge in [0.15, 0.2) is 0 Å². The molecule has 0 saturated carbocycles. The lowest BCUT2D eigenvalue weighted by atomic mass is 10.3. The average Bonchev–Trinajstić information content (AvgIpc) is 2.53. The van der Waals surface area contributed by atoms with E-state index in [2.05, 4.69) is 10.9 Å². The second kappa shape index (κ2) is 3.23. The molecule has 0 saturated heterocycles. The Hall–Kier alpha value is -1.25. The minimum absolute atomic E-state index is 0.252. The van der Waals surface area contributed by atoms with Gasteiger partial charge in [0.05, 0.1) is 13.3 Å². The van der Waals surface area contributed by atoms with Gasteiger partial charge in [-0.05, 0) is 19.1 Å². The summed E-state index contributed by atoms with van der Waals surface area (Å²) in [4.78, 5) is 10.9. The predicted octanol–water partition coefficient (Wildman–Crippen LogP) is 1.02. The molecular weight excluding hydrogens is 142 g/mol. The summed E-state index contributed by atoms with van der Waals surface area (Å²) < 4.78 is 6.23. The van der Waals surface area contributed by atoms with Crippen molar-refractivity contribution >= 4 is 5.97 Å². The van der Waals surface area contributed by atoms with Gasteiger partial charge < -0.3 is 9.30 Å². The highest BCUT2D eigenvalue weighted by atomic mass is 16.5. The number of nitrogens with zero attached hydrogens (tertiary/aromatic N) is 1. The molecule has 0 N–H and O–H groups in total. The molecule has 1 heterocycles. The predicted molar refractivity (Wildman–Crippen MR) is 40.0 cm³/mol. The third kappa shape index (κ3) is 1.61. The van der Waals surface area contributed by atoms with Crippen LogP contribution in [0.4, 0.5) is 0 Å². The Kier molecular flexibility index (Phi) is 2.31. The number of aromatic nitrogens is 1. The molecule has 0 aliphatic rings. The summed E-state index contributed by atoms with van der Waals surface area (Å²) in [7, 11) is 1.38. The molecule has 11 heavy (non-hydrogen) atoms. The van der Waals surface area contributed by atoms with Crippen molar-refractivity contribution < 1.29 is 9.53 Å². The molecule has 0 fully saturated rings. The first-order valence-electron chi connectivity index (χ1n) is 3.38. The highest BCUT2D eigenvalue weighted by Gasteiger charge is 2.12. The molecule has 1 unspecified atom stereocenters. The highest BCUT2D eigenvalue weighted by molar-refractivity contribution is 5.73. The monoisotopic (exact) mass is 152 g/mol. The van der Waals surface area contributed by atoms with E-state index < -0.39 is 0 Å². The van der Waals surface area contributed by atoms with Crippen molar-refractivity contribution in [3.8, 4) is 0 Å². The molecule has 1 atom stereocenters. The van der Waals surface area contributed by atoms with Crippen LogP contribution in [0.5, 0.6) is 0 Å². The van der Waals surface area contributed by atoms with Crippen LogP contribution < -0.4 is 0 Å². The van der Waals surface area contributed by atoms with Crippen LogP contribution in [0, 0.1) is 6.20 Å². The normalized spacial score (nSPS) is 12.5. The van der Waals surface area contributed by atoms with Crippen molar-refractivity contribution in [3.63, 3.8) is 0 Å². The zero-order valence-corrected chi connectivity index (χ0v) is 6.57. The fraction of sp³-hybridized carbons (Fsp3) is 0.375. The van der Waals surface area contributed by atoms with Crippen LogP contribution in [0.25, 0.3) is 0 Å². The molecule has 0 aliphatic carbocycles. The first-order valence-corrected chi connectivity index (χ1v) is 3.38. The average molecular weight is 152 g/mol. The van der Waals surface area contributed by atoms with Crippen molar-refractivity contribution in [2.24, 2.45) is 0 Å². The fourth-order valence-electron chi connectivity index (χ4n) is 0.833. The SMILES string of the molecule is COC(=O)C(C)n1[c]ccc1. The third-order valence-electron chi connectivity index (χ3n) is 1.53. The second-order valence-corrected chi connectivity index (χ2v) is 2.24. The van der Waals surface area contributed by atoms with E-state index in [1.54, 1.807) is 23.8 Å². The van der Waals surface area contributed by atoms with Crippen molar-refractivity contribution in [1.29, 1.82) is 0 Å². The molecular formula is C8H10NO2. The summed E-state index contributed by atoms with van der Waals surface area (Å²) in [6.45, 7) is 1.77. The van der Waals surface area contributed by atoms with E-state index in [1.165, 1.54) is 7.11 Å². The molecule has 1 aromatic heterocycles. The van der Waals surface area contributed by atoms with E-state index in [1.807, 2.05) is 6.07 Å². The van der Waals surface area contributed by atoms with E-state index in [9.17, 15) is 4.79 Å². The Bertz CT molecular complexity index is 228. The van der Waals surface area contributed by atoms with Crippen molar-refractivity contribution in [3.05, 3.63) is 24.5 Å². The van der Waals surface area contributed by atoms with E-state index in [-0.39, 0.29) is 12.0 Å². The number of hydrogen-bond donors (Lipinski definition) is 0. The summed E-state index contributed by atoms with van der Waals surface area (Å²) in [6, 6.07) is 3.29. The maximum Gasteiger partial charge on any atom is 0.328 e. The molecule has 1 radical (unpaired) electrons. The fourth-order valence-corrected chi connectivity index (χ4v) is 0.833. The van der Waals surface area contributed by atoms with Crippen molar-refractivity contribution in [2.75, 3.05) is 7.11 Å². The number of methoxy groups -OCH3 is 1. The number of ether oxygens (including phenoxy) is 1. The molecule has 0 bridgehead atoms. The van der Waals surface area contributed by atoms with Crippen molar-refractivity contribution in [1.82, 2.24) is 4.57 Å². The van der Waals surface area contributed by atoms with Crippen molar-refractivity contribution in [2.45, 2.75) is 13.0 Å². The molecule has 3 heteroatoms. The van der Waals surface area contributed by atoms with Crippen LogP contribution in [0.3, 0.4) is 0 Å². The lowest BCUT2D eigenvalue weighted by Crippen LogP contribution is -2.16. The van der Waals surface area contributed by atoms with Crippen LogP contribution in [0.1, 0.15) is 13.0 Å². The smallest absolute Gasteiger partial charge is 0.328 e. The zero-order chi connectivity index (χ0) is 8.27. The second-order valence-electron chi connectivity index (χ2n) is 2.24. The minimum atomic E-state index is -0.282. The Morgan fingerprint density at radius 3 is 2.91 bits per heavy atom. The first-order chi connectivity index (χ1) is 5.25. The van der Waals surface area contributed by atoms with E-state index >= 15 is 0 Å². The lowest BCUT2D eigenvalue weighted by Gasteiger charge is -2.09.